The Hall–Kier alpha value is -0.650. The van der Waals surface area contributed by atoms with Crippen molar-refractivity contribution in [1.29, 1.82) is 0 Å². The number of nitrogens with one attached hydrogen (secondary N) is 2. The molecule has 3 N–H and O–H groups in total. The number of carboxylic acids is 1. The van der Waals surface area contributed by atoms with Crippen LogP contribution in [0.25, 0.3) is 0 Å². The van der Waals surface area contributed by atoms with Crippen molar-refractivity contribution in [1.82, 2.24) is 15.5 Å². The number of carboxylic acid groups (broad SMARTS) is 1. The van der Waals surface area contributed by atoms with E-state index < -0.39 is 5.97 Å². The second kappa shape index (κ2) is 5.99. The molecule has 5 heteroatoms. The molecular formula is C13H25N3O2. The van der Waals surface area contributed by atoms with Crippen LogP contribution in [0.1, 0.15) is 26.2 Å². The Bertz CT molecular complexity index is 284. The van der Waals surface area contributed by atoms with Crippen molar-refractivity contribution in [2.45, 2.75) is 31.7 Å². The van der Waals surface area contributed by atoms with Gasteiger partial charge in [-0.3, -0.25) is 4.79 Å². The lowest BCUT2D eigenvalue weighted by atomic mass is 9.87. The summed E-state index contributed by atoms with van der Waals surface area (Å²) >= 11 is 0. The molecule has 5 nitrogen and oxygen atoms in total. The number of rotatable bonds is 6. The minimum absolute atomic E-state index is 0.187. The summed E-state index contributed by atoms with van der Waals surface area (Å²) in [6.07, 6.45) is 2.70. The Morgan fingerprint density at radius 2 is 2.11 bits per heavy atom. The van der Waals surface area contributed by atoms with Gasteiger partial charge >= 0.3 is 5.97 Å². The Balaban J connectivity index is 1.72. The topological polar surface area (TPSA) is 64.6 Å². The highest BCUT2D eigenvalue weighted by atomic mass is 16.4. The van der Waals surface area contributed by atoms with Gasteiger partial charge in [-0.1, -0.05) is 6.92 Å². The maximum absolute atomic E-state index is 10.9. The molecule has 2 heterocycles. The predicted molar refractivity (Wildman–Crippen MR) is 70.7 cm³/mol. The fourth-order valence-electron chi connectivity index (χ4n) is 2.90. The third kappa shape index (κ3) is 3.43. The molecule has 0 bridgehead atoms. The second-order valence-electron chi connectivity index (χ2n) is 5.71. The van der Waals surface area contributed by atoms with Crippen molar-refractivity contribution in [2.24, 2.45) is 5.92 Å². The molecule has 0 atom stereocenters. The van der Waals surface area contributed by atoms with E-state index in [0.29, 0.717) is 5.92 Å². The van der Waals surface area contributed by atoms with Crippen LogP contribution in [0.5, 0.6) is 0 Å². The van der Waals surface area contributed by atoms with Crippen molar-refractivity contribution < 1.29 is 9.90 Å². The summed E-state index contributed by atoms with van der Waals surface area (Å²) in [6.45, 7) is 8.26. The van der Waals surface area contributed by atoms with Crippen LogP contribution in [0.15, 0.2) is 0 Å². The van der Waals surface area contributed by atoms with E-state index in [1.807, 2.05) is 0 Å². The molecule has 2 aliphatic rings. The summed E-state index contributed by atoms with van der Waals surface area (Å²) in [5, 5.41) is 15.6. The fraction of sp³-hybridized carbons (Fsp3) is 0.923. The first kappa shape index (κ1) is 13.8. The molecule has 0 aromatic heterocycles. The van der Waals surface area contributed by atoms with Gasteiger partial charge in [-0.05, 0) is 44.9 Å². The first-order chi connectivity index (χ1) is 8.63. The van der Waals surface area contributed by atoms with E-state index in [1.54, 1.807) is 0 Å². The molecule has 0 amide bonds. The van der Waals surface area contributed by atoms with Crippen LogP contribution in [0, 0.1) is 5.92 Å². The highest BCUT2D eigenvalue weighted by Crippen LogP contribution is 2.20. The van der Waals surface area contributed by atoms with Crippen molar-refractivity contribution in [3.63, 3.8) is 0 Å². The molecular weight excluding hydrogens is 230 g/mol. The van der Waals surface area contributed by atoms with Gasteiger partial charge in [-0.25, -0.2) is 0 Å². The number of likely N-dealkylation sites (tertiary alicyclic amines) is 1. The zero-order valence-electron chi connectivity index (χ0n) is 11.2. The molecule has 0 radical (unpaired) electrons. The highest BCUT2D eigenvalue weighted by molar-refractivity contribution is 5.68. The fourth-order valence-corrected chi connectivity index (χ4v) is 2.90. The number of aliphatic carboxylic acids is 1. The monoisotopic (exact) mass is 255 g/mol. The van der Waals surface area contributed by atoms with Crippen LogP contribution in [-0.4, -0.2) is 60.8 Å². The SMILES string of the molecule is CCN1CCC(CNC2(CC(=O)O)CNC2)CC1. The van der Waals surface area contributed by atoms with Crippen molar-refractivity contribution >= 4 is 5.97 Å². The molecule has 104 valence electrons. The number of hydrogen-bond donors (Lipinski definition) is 3. The maximum Gasteiger partial charge on any atom is 0.305 e. The van der Waals surface area contributed by atoms with Crippen LogP contribution in [0.4, 0.5) is 0 Å². The van der Waals surface area contributed by atoms with E-state index in [4.69, 9.17) is 5.11 Å². The minimum atomic E-state index is -0.704. The summed E-state index contributed by atoms with van der Waals surface area (Å²) in [6, 6.07) is 0. The van der Waals surface area contributed by atoms with E-state index in [1.165, 1.54) is 25.9 Å². The predicted octanol–water partition coefficient (Wildman–Crippen LogP) is 0.125. The third-order valence-corrected chi connectivity index (χ3v) is 4.34. The standard InChI is InChI=1S/C13H25N3O2/c1-2-16-5-3-11(4-6-16)8-15-13(7-12(17)18)9-14-10-13/h11,14-15H,2-10H2,1H3,(H,17,18). The van der Waals surface area contributed by atoms with Gasteiger partial charge in [0.15, 0.2) is 0 Å². The first-order valence-corrected chi connectivity index (χ1v) is 7.03. The van der Waals surface area contributed by atoms with Crippen LogP contribution in [0.3, 0.4) is 0 Å². The quantitative estimate of drug-likeness (QED) is 0.629. The van der Waals surface area contributed by atoms with Crippen molar-refractivity contribution in [3.8, 4) is 0 Å². The molecule has 0 spiro atoms. The number of carbonyl (C=O) groups is 1. The van der Waals surface area contributed by atoms with Gasteiger partial charge in [0, 0.05) is 13.1 Å². The molecule has 0 aromatic rings. The van der Waals surface area contributed by atoms with Crippen molar-refractivity contribution in [3.05, 3.63) is 0 Å². The zero-order chi connectivity index (χ0) is 13.0. The summed E-state index contributed by atoms with van der Waals surface area (Å²) < 4.78 is 0. The summed E-state index contributed by atoms with van der Waals surface area (Å²) in [7, 11) is 0. The van der Waals surface area contributed by atoms with Gasteiger partial charge in [0.1, 0.15) is 0 Å². The maximum atomic E-state index is 10.9. The Kier molecular flexibility index (Phi) is 4.59. The minimum Gasteiger partial charge on any atom is -0.481 e. The summed E-state index contributed by atoms with van der Waals surface area (Å²) in [5.74, 6) is 0.00359. The average Bonchev–Trinajstić information content (AvgIpc) is 2.32. The van der Waals surface area contributed by atoms with E-state index >= 15 is 0 Å². The van der Waals surface area contributed by atoms with Crippen LogP contribution >= 0.6 is 0 Å². The highest BCUT2D eigenvalue weighted by Gasteiger charge is 2.39. The molecule has 2 aliphatic heterocycles. The molecule has 0 saturated carbocycles. The summed E-state index contributed by atoms with van der Waals surface area (Å²) in [4.78, 5) is 13.3. The average molecular weight is 255 g/mol. The van der Waals surface area contributed by atoms with Gasteiger partial charge < -0.3 is 20.6 Å². The molecule has 2 fully saturated rings. The van der Waals surface area contributed by atoms with Gasteiger partial charge in [0.25, 0.3) is 0 Å². The Labute approximate surface area is 109 Å². The second-order valence-corrected chi connectivity index (χ2v) is 5.71. The third-order valence-electron chi connectivity index (χ3n) is 4.34. The molecule has 0 unspecified atom stereocenters. The largest absolute Gasteiger partial charge is 0.481 e. The molecule has 2 saturated heterocycles. The number of piperidine rings is 1. The van der Waals surface area contributed by atoms with E-state index in [0.717, 1.165) is 26.2 Å². The van der Waals surface area contributed by atoms with Crippen LogP contribution in [-0.2, 0) is 4.79 Å². The first-order valence-electron chi connectivity index (χ1n) is 7.03. The van der Waals surface area contributed by atoms with E-state index in [9.17, 15) is 4.79 Å². The molecule has 2 rings (SSSR count). The zero-order valence-corrected chi connectivity index (χ0v) is 11.2. The lowest BCUT2D eigenvalue weighted by Crippen LogP contribution is -2.69. The van der Waals surface area contributed by atoms with E-state index in [2.05, 4.69) is 22.5 Å². The van der Waals surface area contributed by atoms with Gasteiger partial charge in [-0.15, -0.1) is 0 Å². The van der Waals surface area contributed by atoms with Gasteiger partial charge in [-0.2, -0.15) is 0 Å². The molecule has 18 heavy (non-hydrogen) atoms. The number of hydrogen-bond acceptors (Lipinski definition) is 4. The van der Waals surface area contributed by atoms with Gasteiger partial charge in [0.2, 0.25) is 0 Å². The normalized spacial score (nSPS) is 24.7. The van der Waals surface area contributed by atoms with Gasteiger partial charge in [0.05, 0.1) is 12.0 Å². The molecule has 0 aromatic carbocycles. The number of nitrogens with zero attached hydrogens (tertiary/aromatic N) is 1. The Morgan fingerprint density at radius 1 is 1.44 bits per heavy atom. The smallest absolute Gasteiger partial charge is 0.305 e. The van der Waals surface area contributed by atoms with Crippen molar-refractivity contribution in [2.75, 3.05) is 39.3 Å². The van der Waals surface area contributed by atoms with Crippen LogP contribution < -0.4 is 10.6 Å². The summed E-state index contributed by atoms with van der Waals surface area (Å²) in [5.41, 5.74) is -0.187. The Morgan fingerprint density at radius 3 is 2.56 bits per heavy atom. The lowest BCUT2D eigenvalue weighted by molar-refractivity contribution is -0.139. The van der Waals surface area contributed by atoms with Crippen LogP contribution in [0.2, 0.25) is 0 Å². The molecule has 0 aliphatic carbocycles. The lowest BCUT2D eigenvalue weighted by Gasteiger charge is -2.44. The van der Waals surface area contributed by atoms with E-state index in [-0.39, 0.29) is 12.0 Å².